The van der Waals surface area contributed by atoms with E-state index in [1.807, 2.05) is 0 Å². The zero-order chi connectivity index (χ0) is 21.1. The summed E-state index contributed by atoms with van der Waals surface area (Å²) in [6.45, 7) is 0.0672. The van der Waals surface area contributed by atoms with Crippen molar-refractivity contribution in [2.75, 3.05) is 18.4 Å². The number of piperidine rings is 1. The van der Waals surface area contributed by atoms with Gasteiger partial charge in [0.15, 0.2) is 5.69 Å². The van der Waals surface area contributed by atoms with Crippen LogP contribution >= 0.6 is 0 Å². The van der Waals surface area contributed by atoms with Gasteiger partial charge < -0.3 is 5.32 Å². The number of anilines is 1. The van der Waals surface area contributed by atoms with Crippen LogP contribution in [0.15, 0.2) is 6.20 Å². The Morgan fingerprint density at radius 2 is 1.57 bits per heavy atom. The molecule has 30 heavy (non-hydrogen) atoms. The van der Waals surface area contributed by atoms with Gasteiger partial charge in [-0.15, -0.1) is 0 Å². The van der Waals surface area contributed by atoms with Crippen molar-refractivity contribution >= 4 is 5.95 Å². The van der Waals surface area contributed by atoms with Gasteiger partial charge in [-0.25, -0.2) is 18.7 Å². The number of hydrogen-bond donors (Lipinski definition) is 1. The maximum absolute atomic E-state index is 13.7. The first kappa shape index (κ1) is 20.4. The number of nitrogens with zero attached hydrogens (tertiary/aromatic N) is 3. The molecule has 2 heterocycles. The summed E-state index contributed by atoms with van der Waals surface area (Å²) < 4.78 is 67.9. The Morgan fingerprint density at radius 3 is 2.10 bits per heavy atom. The third-order valence-electron chi connectivity index (χ3n) is 7.53. The van der Waals surface area contributed by atoms with Gasteiger partial charge in [-0.1, -0.05) is 0 Å². The second kappa shape index (κ2) is 7.00. The van der Waals surface area contributed by atoms with Gasteiger partial charge in [0, 0.05) is 49.8 Å². The Morgan fingerprint density at radius 1 is 1.00 bits per heavy atom. The Balaban J connectivity index is 1.35. The molecule has 1 saturated heterocycles. The van der Waals surface area contributed by atoms with Gasteiger partial charge in [-0.05, 0) is 56.3 Å². The first-order valence-corrected chi connectivity index (χ1v) is 10.9. The molecule has 0 aromatic carbocycles. The maximum atomic E-state index is 13.7. The van der Waals surface area contributed by atoms with Gasteiger partial charge in [0.1, 0.15) is 0 Å². The summed E-state index contributed by atoms with van der Waals surface area (Å²) in [6.07, 6.45) is 2.60. The van der Waals surface area contributed by atoms with Crippen LogP contribution in [0.1, 0.15) is 62.6 Å². The van der Waals surface area contributed by atoms with Crippen LogP contribution in [-0.2, 0) is 12.7 Å². The standard InChI is InChI=1S/C21H27F5N4/c22-20(23)1-3-30(4-2-20)12-16-11-27-18(28-17(16)21(24,25)26)29-19-8-13-5-14(9-19)7-15(6-13)10-19/h11,13-15H,1-10,12H2,(H,27,28,29). The van der Waals surface area contributed by atoms with Crippen molar-refractivity contribution in [1.29, 1.82) is 0 Å². The summed E-state index contributed by atoms with van der Waals surface area (Å²) in [7, 11) is 0. The molecular formula is C21H27F5N4. The molecule has 0 amide bonds. The van der Waals surface area contributed by atoms with E-state index >= 15 is 0 Å². The van der Waals surface area contributed by atoms with Crippen molar-refractivity contribution in [3.05, 3.63) is 17.5 Å². The summed E-state index contributed by atoms with van der Waals surface area (Å²) in [6, 6.07) is 0. The molecule has 5 fully saturated rings. The van der Waals surface area contributed by atoms with Crippen LogP contribution in [-0.4, -0.2) is 39.4 Å². The van der Waals surface area contributed by atoms with E-state index in [4.69, 9.17) is 0 Å². The molecule has 0 spiro atoms. The van der Waals surface area contributed by atoms with Crippen molar-refractivity contribution in [2.45, 2.75) is 75.5 Å². The van der Waals surface area contributed by atoms with Crippen LogP contribution < -0.4 is 5.32 Å². The Hall–Kier alpha value is -1.51. The van der Waals surface area contributed by atoms with Crippen molar-refractivity contribution in [3.63, 3.8) is 0 Å². The largest absolute Gasteiger partial charge is 0.433 e. The Kier molecular flexibility index (Phi) is 4.76. The van der Waals surface area contributed by atoms with E-state index in [0.29, 0.717) is 17.8 Å². The van der Waals surface area contributed by atoms with Gasteiger partial charge in [-0.2, -0.15) is 13.2 Å². The minimum atomic E-state index is -4.62. The fourth-order valence-corrected chi connectivity index (χ4v) is 6.61. The third kappa shape index (κ3) is 4.01. The molecular weight excluding hydrogens is 403 g/mol. The zero-order valence-electron chi connectivity index (χ0n) is 16.8. The van der Waals surface area contributed by atoms with E-state index in [1.165, 1.54) is 25.5 Å². The van der Waals surface area contributed by atoms with E-state index in [9.17, 15) is 22.0 Å². The predicted molar refractivity (Wildman–Crippen MR) is 101 cm³/mol. The van der Waals surface area contributed by atoms with Crippen molar-refractivity contribution in [2.24, 2.45) is 17.8 Å². The van der Waals surface area contributed by atoms with Gasteiger partial charge in [0.25, 0.3) is 5.92 Å². The lowest BCUT2D eigenvalue weighted by Gasteiger charge is -2.56. The molecule has 4 aliphatic carbocycles. The van der Waals surface area contributed by atoms with Crippen LogP contribution in [0.3, 0.4) is 0 Å². The van der Waals surface area contributed by atoms with Crippen molar-refractivity contribution in [1.82, 2.24) is 14.9 Å². The second-order valence-electron chi connectivity index (χ2n) is 10.0. The van der Waals surface area contributed by atoms with Gasteiger partial charge >= 0.3 is 6.18 Å². The number of nitrogens with one attached hydrogen (secondary N) is 1. The molecule has 1 aromatic heterocycles. The molecule has 1 N–H and O–H groups in total. The molecule has 1 aromatic rings. The van der Waals surface area contributed by atoms with Gasteiger partial charge in [-0.3, -0.25) is 4.90 Å². The first-order valence-electron chi connectivity index (χ1n) is 10.9. The second-order valence-corrected chi connectivity index (χ2v) is 10.0. The summed E-state index contributed by atoms with van der Waals surface area (Å²) in [5.41, 5.74) is -1.19. The Bertz CT molecular complexity index is 764. The zero-order valence-corrected chi connectivity index (χ0v) is 16.8. The van der Waals surface area contributed by atoms with Gasteiger partial charge in [0.05, 0.1) is 0 Å². The lowest BCUT2D eigenvalue weighted by molar-refractivity contribution is -0.142. The first-order chi connectivity index (χ1) is 14.1. The minimum Gasteiger partial charge on any atom is -0.349 e. The molecule has 0 atom stereocenters. The van der Waals surface area contributed by atoms with Crippen LogP contribution in [0, 0.1) is 17.8 Å². The van der Waals surface area contributed by atoms with Crippen molar-refractivity contribution in [3.8, 4) is 0 Å². The molecule has 0 radical (unpaired) electrons. The summed E-state index contributed by atoms with van der Waals surface area (Å²) in [4.78, 5) is 9.74. The molecule has 0 unspecified atom stereocenters. The van der Waals surface area contributed by atoms with Crippen molar-refractivity contribution < 1.29 is 22.0 Å². The number of aromatic nitrogens is 2. The van der Waals surface area contributed by atoms with Crippen LogP contribution in [0.5, 0.6) is 0 Å². The summed E-state index contributed by atoms with van der Waals surface area (Å²) >= 11 is 0. The average Bonchev–Trinajstić information content (AvgIpc) is 2.62. The summed E-state index contributed by atoms with van der Waals surface area (Å²) in [5, 5.41) is 3.31. The molecule has 166 valence electrons. The smallest absolute Gasteiger partial charge is 0.349 e. The quantitative estimate of drug-likeness (QED) is 0.675. The molecule has 4 saturated carbocycles. The highest BCUT2D eigenvalue weighted by molar-refractivity contribution is 5.36. The Labute approximate surface area is 172 Å². The van der Waals surface area contributed by atoms with Crippen LogP contribution in [0.2, 0.25) is 0 Å². The van der Waals surface area contributed by atoms with E-state index in [2.05, 4.69) is 15.3 Å². The maximum Gasteiger partial charge on any atom is 0.433 e. The van der Waals surface area contributed by atoms with E-state index < -0.39 is 17.8 Å². The molecule has 4 nitrogen and oxygen atoms in total. The molecule has 5 aliphatic rings. The van der Waals surface area contributed by atoms with E-state index in [-0.39, 0.29) is 49.5 Å². The lowest BCUT2D eigenvalue weighted by Crippen LogP contribution is -2.55. The molecule has 1 aliphatic heterocycles. The number of likely N-dealkylation sites (tertiary alicyclic amines) is 1. The highest BCUT2D eigenvalue weighted by Crippen LogP contribution is 2.56. The number of hydrogen-bond acceptors (Lipinski definition) is 4. The highest BCUT2D eigenvalue weighted by atomic mass is 19.4. The van der Waals surface area contributed by atoms with Gasteiger partial charge in [0.2, 0.25) is 5.95 Å². The average molecular weight is 430 g/mol. The molecule has 9 heteroatoms. The van der Waals surface area contributed by atoms with Crippen LogP contribution in [0.4, 0.5) is 27.9 Å². The number of alkyl halides is 5. The van der Waals surface area contributed by atoms with Crippen LogP contribution in [0.25, 0.3) is 0 Å². The highest BCUT2D eigenvalue weighted by Gasteiger charge is 2.51. The minimum absolute atomic E-state index is 0.0400. The third-order valence-corrected chi connectivity index (χ3v) is 7.53. The van der Waals surface area contributed by atoms with E-state index in [0.717, 1.165) is 19.3 Å². The fourth-order valence-electron chi connectivity index (χ4n) is 6.61. The normalized spacial score (nSPS) is 35.6. The lowest BCUT2D eigenvalue weighted by atomic mass is 9.53. The number of halogens is 5. The monoisotopic (exact) mass is 430 g/mol. The topological polar surface area (TPSA) is 41.1 Å². The summed E-state index contributed by atoms with van der Waals surface area (Å²) in [5.74, 6) is -0.726. The molecule has 4 bridgehead atoms. The predicted octanol–water partition coefficient (Wildman–Crippen LogP) is 5.11. The fraction of sp³-hybridized carbons (Fsp3) is 0.810. The number of rotatable bonds is 4. The molecule has 6 rings (SSSR count). The van der Waals surface area contributed by atoms with E-state index in [1.54, 1.807) is 4.90 Å². The SMILES string of the molecule is FC1(F)CCN(Cc2cnc(NC34CC5CC(CC(C5)C3)C4)nc2C(F)(F)F)CC1.